The fraction of sp³-hybridized carbons (Fsp3) is 0.0909. The molecule has 0 saturated heterocycles. The molecule has 3 aromatic rings. The molecule has 0 bridgehead atoms. The molecule has 0 aliphatic carbocycles. The maximum Gasteiger partial charge on any atom is 0.271 e. The molecule has 148 valence electrons. The normalized spacial score (nSPS) is 10.7. The summed E-state index contributed by atoms with van der Waals surface area (Å²) in [5, 5.41) is 4.66. The highest BCUT2D eigenvalue weighted by Crippen LogP contribution is 2.28. The summed E-state index contributed by atoms with van der Waals surface area (Å²) in [6.45, 7) is 0.435. The third-order valence-corrected chi connectivity index (χ3v) is 4.73. The van der Waals surface area contributed by atoms with Crippen LogP contribution >= 0.6 is 23.2 Å². The number of carbonyl (C=O) groups is 1. The average molecular weight is 429 g/mol. The molecule has 1 N–H and O–H groups in total. The van der Waals surface area contributed by atoms with Crippen molar-refractivity contribution in [3.05, 3.63) is 93.5 Å². The van der Waals surface area contributed by atoms with Crippen LogP contribution in [-0.4, -0.2) is 19.2 Å². The Hall–Kier alpha value is -3.02. The minimum Gasteiger partial charge on any atom is -0.493 e. The van der Waals surface area contributed by atoms with Gasteiger partial charge in [0.1, 0.15) is 6.61 Å². The van der Waals surface area contributed by atoms with Gasteiger partial charge < -0.3 is 9.47 Å². The molecule has 1 amide bonds. The quantitative estimate of drug-likeness (QED) is 0.407. The molecule has 5 nitrogen and oxygen atoms in total. The van der Waals surface area contributed by atoms with E-state index in [1.807, 2.05) is 36.4 Å². The van der Waals surface area contributed by atoms with Gasteiger partial charge in [-0.3, -0.25) is 4.79 Å². The molecule has 0 atom stereocenters. The van der Waals surface area contributed by atoms with Crippen molar-refractivity contribution in [3.8, 4) is 11.5 Å². The molecule has 7 heteroatoms. The molecular weight excluding hydrogens is 411 g/mol. The van der Waals surface area contributed by atoms with Crippen LogP contribution in [0.15, 0.2) is 71.8 Å². The highest BCUT2D eigenvalue weighted by Gasteiger charge is 2.08. The zero-order chi connectivity index (χ0) is 20.6. The van der Waals surface area contributed by atoms with Crippen molar-refractivity contribution in [1.82, 2.24) is 5.43 Å². The van der Waals surface area contributed by atoms with Gasteiger partial charge in [0.2, 0.25) is 0 Å². The van der Waals surface area contributed by atoms with Gasteiger partial charge in [-0.15, -0.1) is 0 Å². The van der Waals surface area contributed by atoms with Crippen molar-refractivity contribution in [3.63, 3.8) is 0 Å². The zero-order valence-corrected chi connectivity index (χ0v) is 17.1. The number of methoxy groups -OCH3 is 1. The van der Waals surface area contributed by atoms with E-state index in [2.05, 4.69) is 10.5 Å². The summed E-state index contributed by atoms with van der Waals surface area (Å²) in [5.74, 6) is 0.795. The molecule has 3 rings (SSSR count). The smallest absolute Gasteiger partial charge is 0.271 e. The largest absolute Gasteiger partial charge is 0.493 e. The standard InChI is InChI=1S/C22H18Cl2N2O3/c1-28-21-11-16(7-10-20(21)29-14-15-5-3-2-4-6-15)13-25-26-22(27)17-8-9-18(23)19(24)12-17/h2-13H,14H2,1H3,(H,26,27)/b25-13-. The van der Waals surface area contributed by atoms with Gasteiger partial charge in [0.05, 0.1) is 23.4 Å². The molecule has 3 aromatic carbocycles. The lowest BCUT2D eigenvalue weighted by atomic mass is 10.2. The average Bonchev–Trinajstić information content (AvgIpc) is 2.75. The molecule has 0 aliphatic rings. The van der Waals surface area contributed by atoms with E-state index in [-0.39, 0.29) is 0 Å². The molecule has 29 heavy (non-hydrogen) atoms. The fourth-order valence-electron chi connectivity index (χ4n) is 2.49. The Labute approximate surface area is 178 Å². The van der Waals surface area contributed by atoms with E-state index in [0.29, 0.717) is 33.7 Å². The van der Waals surface area contributed by atoms with Gasteiger partial charge in [-0.05, 0) is 47.5 Å². The van der Waals surface area contributed by atoms with Crippen LogP contribution in [0.1, 0.15) is 21.5 Å². The van der Waals surface area contributed by atoms with Gasteiger partial charge in [-0.25, -0.2) is 5.43 Å². The second-order valence-electron chi connectivity index (χ2n) is 6.01. The van der Waals surface area contributed by atoms with Gasteiger partial charge >= 0.3 is 0 Å². The maximum absolute atomic E-state index is 12.1. The van der Waals surface area contributed by atoms with E-state index in [4.69, 9.17) is 32.7 Å². The Balaban J connectivity index is 1.63. The monoisotopic (exact) mass is 428 g/mol. The van der Waals surface area contributed by atoms with Crippen molar-refractivity contribution in [1.29, 1.82) is 0 Å². The lowest BCUT2D eigenvalue weighted by molar-refractivity contribution is 0.0955. The number of hydrazone groups is 1. The summed E-state index contributed by atoms with van der Waals surface area (Å²) in [6.07, 6.45) is 1.51. The molecule has 0 heterocycles. The third-order valence-electron chi connectivity index (χ3n) is 3.99. The summed E-state index contributed by atoms with van der Waals surface area (Å²) in [4.78, 5) is 12.1. The second-order valence-corrected chi connectivity index (χ2v) is 6.83. The predicted molar refractivity (Wildman–Crippen MR) is 115 cm³/mol. The first-order valence-electron chi connectivity index (χ1n) is 8.70. The van der Waals surface area contributed by atoms with Crippen molar-refractivity contribution < 1.29 is 14.3 Å². The van der Waals surface area contributed by atoms with E-state index in [1.165, 1.54) is 12.3 Å². The molecule has 0 aromatic heterocycles. The van der Waals surface area contributed by atoms with E-state index < -0.39 is 5.91 Å². The van der Waals surface area contributed by atoms with E-state index >= 15 is 0 Å². The number of rotatable bonds is 7. The van der Waals surface area contributed by atoms with Crippen LogP contribution in [0.3, 0.4) is 0 Å². The van der Waals surface area contributed by atoms with Crippen LogP contribution in [0.5, 0.6) is 11.5 Å². The van der Waals surface area contributed by atoms with Crippen molar-refractivity contribution in [2.75, 3.05) is 7.11 Å². The van der Waals surface area contributed by atoms with Gasteiger partial charge in [0.25, 0.3) is 5.91 Å². The Morgan fingerprint density at radius 3 is 2.52 bits per heavy atom. The van der Waals surface area contributed by atoms with E-state index in [0.717, 1.165) is 11.1 Å². The Morgan fingerprint density at radius 1 is 1.00 bits per heavy atom. The second kappa shape index (κ2) is 9.96. The van der Waals surface area contributed by atoms with Crippen LogP contribution in [0.25, 0.3) is 0 Å². The van der Waals surface area contributed by atoms with Crippen molar-refractivity contribution >= 4 is 35.3 Å². The first kappa shape index (κ1) is 20.7. The number of benzene rings is 3. The van der Waals surface area contributed by atoms with Gasteiger partial charge in [-0.2, -0.15) is 5.10 Å². The molecule has 0 radical (unpaired) electrons. The summed E-state index contributed by atoms with van der Waals surface area (Å²) in [7, 11) is 1.57. The Morgan fingerprint density at radius 2 is 1.79 bits per heavy atom. The van der Waals surface area contributed by atoms with Crippen molar-refractivity contribution in [2.45, 2.75) is 6.61 Å². The molecule has 0 unspecified atom stereocenters. The van der Waals surface area contributed by atoms with Gasteiger partial charge in [0, 0.05) is 5.56 Å². The summed E-state index contributed by atoms with van der Waals surface area (Å²) < 4.78 is 11.2. The predicted octanol–water partition coefficient (Wildman–Crippen LogP) is 5.34. The number of halogens is 2. The fourth-order valence-corrected chi connectivity index (χ4v) is 2.78. The van der Waals surface area contributed by atoms with Crippen LogP contribution in [0, 0.1) is 0 Å². The number of nitrogens with zero attached hydrogens (tertiary/aromatic N) is 1. The Bertz CT molecular complexity index is 1020. The highest BCUT2D eigenvalue weighted by molar-refractivity contribution is 6.42. The number of ether oxygens (including phenoxy) is 2. The van der Waals surface area contributed by atoms with E-state index in [9.17, 15) is 4.79 Å². The molecule has 0 spiro atoms. The minimum atomic E-state index is -0.394. The topological polar surface area (TPSA) is 59.9 Å². The Kier molecular flexibility index (Phi) is 7.11. The lowest BCUT2D eigenvalue weighted by Gasteiger charge is -2.11. The SMILES string of the molecule is COc1cc(/C=N\NC(=O)c2ccc(Cl)c(Cl)c2)ccc1OCc1ccccc1. The first-order valence-corrected chi connectivity index (χ1v) is 9.45. The summed E-state index contributed by atoms with van der Waals surface area (Å²) in [6, 6.07) is 19.9. The number of nitrogens with one attached hydrogen (secondary N) is 1. The lowest BCUT2D eigenvalue weighted by Crippen LogP contribution is -2.17. The number of carbonyl (C=O) groups excluding carboxylic acids is 1. The number of hydrogen-bond acceptors (Lipinski definition) is 4. The van der Waals surface area contributed by atoms with Crippen LogP contribution < -0.4 is 14.9 Å². The van der Waals surface area contributed by atoms with Crippen LogP contribution in [0.4, 0.5) is 0 Å². The summed E-state index contributed by atoms with van der Waals surface area (Å²) in [5.41, 5.74) is 4.61. The zero-order valence-electron chi connectivity index (χ0n) is 15.6. The van der Waals surface area contributed by atoms with Gasteiger partial charge in [-0.1, -0.05) is 53.5 Å². The highest BCUT2D eigenvalue weighted by atomic mass is 35.5. The van der Waals surface area contributed by atoms with Crippen LogP contribution in [0.2, 0.25) is 10.0 Å². The van der Waals surface area contributed by atoms with E-state index in [1.54, 1.807) is 31.4 Å². The molecule has 0 fully saturated rings. The summed E-state index contributed by atoms with van der Waals surface area (Å²) >= 11 is 11.8. The van der Waals surface area contributed by atoms with Crippen LogP contribution in [-0.2, 0) is 6.61 Å². The first-order chi connectivity index (χ1) is 14.1. The molecule has 0 aliphatic heterocycles. The molecular formula is C22H18Cl2N2O3. The number of amides is 1. The van der Waals surface area contributed by atoms with Crippen molar-refractivity contribution in [2.24, 2.45) is 5.10 Å². The third kappa shape index (κ3) is 5.73. The maximum atomic E-state index is 12.1. The minimum absolute atomic E-state index is 0.305. The van der Waals surface area contributed by atoms with Gasteiger partial charge in [0.15, 0.2) is 11.5 Å². The molecule has 0 saturated carbocycles. The number of hydrogen-bond donors (Lipinski definition) is 1.